The number of hydrogen-bond donors (Lipinski definition) is 3. The zero-order valence-electron chi connectivity index (χ0n) is 13.1. The van der Waals surface area contributed by atoms with Crippen LogP contribution in [0.25, 0.3) is 0 Å². The van der Waals surface area contributed by atoms with Crippen molar-refractivity contribution >= 4 is 6.03 Å². The first kappa shape index (κ1) is 15.9. The minimum absolute atomic E-state index is 0.000970. The maximum Gasteiger partial charge on any atom is 0.315 e. The van der Waals surface area contributed by atoms with Crippen LogP contribution >= 0.6 is 0 Å². The summed E-state index contributed by atoms with van der Waals surface area (Å²) in [5, 5.41) is 16.1. The molecule has 2 amide bonds. The van der Waals surface area contributed by atoms with Crippen molar-refractivity contribution in [2.45, 2.75) is 58.1 Å². The molecule has 0 saturated carbocycles. The van der Waals surface area contributed by atoms with E-state index in [4.69, 9.17) is 4.42 Å². The summed E-state index contributed by atoms with van der Waals surface area (Å²) in [6.07, 6.45) is 5.41. The average molecular weight is 294 g/mol. The molecule has 1 aromatic rings. The molecule has 0 bridgehead atoms. The van der Waals surface area contributed by atoms with E-state index in [1.165, 1.54) is 0 Å². The van der Waals surface area contributed by atoms with Crippen LogP contribution in [-0.4, -0.2) is 23.3 Å². The first-order valence-corrected chi connectivity index (χ1v) is 7.77. The summed E-state index contributed by atoms with van der Waals surface area (Å²) >= 11 is 0. The van der Waals surface area contributed by atoms with Crippen molar-refractivity contribution < 1.29 is 14.3 Å². The normalized spacial score (nSPS) is 22.0. The van der Waals surface area contributed by atoms with Crippen molar-refractivity contribution in [1.82, 2.24) is 10.6 Å². The number of hydrogen-bond acceptors (Lipinski definition) is 3. The lowest BCUT2D eigenvalue weighted by atomic mass is 9.89. The third kappa shape index (κ3) is 3.79. The van der Waals surface area contributed by atoms with Crippen LogP contribution in [0, 0.1) is 5.92 Å². The van der Waals surface area contributed by atoms with Crippen LogP contribution in [0.1, 0.15) is 57.4 Å². The summed E-state index contributed by atoms with van der Waals surface area (Å²) in [6, 6.07) is 1.69. The largest absolute Gasteiger partial charge is 0.469 e. The van der Waals surface area contributed by atoms with Gasteiger partial charge in [0, 0.05) is 18.5 Å². The summed E-state index contributed by atoms with van der Waals surface area (Å²) in [5.41, 5.74) is 0.185. The number of urea groups is 1. The van der Waals surface area contributed by atoms with Crippen LogP contribution in [0.3, 0.4) is 0 Å². The second-order valence-electron chi connectivity index (χ2n) is 6.24. The van der Waals surface area contributed by atoms with Gasteiger partial charge in [-0.05, 0) is 31.7 Å². The smallest absolute Gasteiger partial charge is 0.315 e. The van der Waals surface area contributed by atoms with E-state index in [9.17, 15) is 9.90 Å². The predicted octanol–water partition coefficient (Wildman–Crippen LogP) is 2.75. The van der Waals surface area contributed by atoms with Gasteiger partial charge in [-0.15, -0.1) is 0 Å². The van der Waals surface area contributed by atoms with E-state index in [2.05, 4.69) is 10.6 Å². The minimum atomic E-state index is -0.889. The maximum absolute atomic E-state index is 12.0. The Bertz CT molecular complexity index is 482. The number of carbonyl (C=O) groups excluding carboxylic acids is 1. The monoisotopic (exact) mass is 294 g/mol. The van der Waals surface area contributed by atoms with Crippen LogP contribution in [0.15, 0.2) is 16.7 Å². The quantitative estimate of drug-likeness (QED) is 0.781. The number of rotatable bonds is 5. The van der Waals surface area contributed by atoms with Gasteiger partial charge in [0.05, 0.1) is 17.9 Å². The molecule has 1 aliphatic rings. The van der Waals surface area contributed by atoms with E-state index in [1.807, 2.05) is 19.9 Å². The van der Waals surface area contributed by atoms with Crippen LogP contribution in [0.5, 0.6) is 0 Å². The zero-order valence-corrected chi connectivity index (χ0v) is 13.1. The second-order valence-corrected chi connectivity index (χ2v) is 6.24. The van der Waals surface area contributed by atoms with Gasteiger partial charge >= 0.3 is 6.03 Å². The van der Waals surface area contributed by atoms with Gasteiger partial charge in [-0.3, -0.25) is 0 Å². The Morgan fingerprint density at radius 3 is 3.10 bits per heavy atom. The highest BCUT2D eigenvalue weighted by molar-refractivity contribution is 5.74. The predicted molar refractivity (Wildman–Crippen MR) is 81.0 cm³/mol. The third-order valence-electron chi connectivity index (χ3n) is 4.64. The highest BCUT2D eigenvalue weighted by Gasteiger charge is 2.28. The molecule has 1 heterocycles. The molecule has 0 saturated heterocycles. The van der Waals surface area contributed by atoms with Crippen molar-refractivity contribution in [2.75, 3.05) is 6.54 Å². The Morgan fingerprint density at radius 2 is 2.38 bits per heavy atom. The lowest BCUT2D eigenvalue weighted by Crippen LogP contribution is -2.48. The van der Waals surface area contributed by atoms with Crippen molar-refractivity contribution in [2.24, 2.45) is 5.92 Å². The molecule has 2 rings (SSSR count). The van der Waals surface area contributed by atoms with Gasteiger partial charge in [-0.1, -0.05) is 20.3 Å². The number of aliphatic hydroxyl groups is 1. The fraction of sp³-hybridized carbons (Fsp3) is 0.688. The van der Waals surface area contributed by atoms with Crippen molar-refractivity contribution in [1.29, 1.82) is 0 Å². The molecule has 0 aromatic carbocycles. The Morgan fingerprint density at radius 1 is 1.62 bits per heavy atom. The Labute approximate surface area is 126 Å². The number of nitrogens with one attached hydrogen (secondary N) is 2. The SMILES string of the molecule is CCC(C)C(C)(O)CNC(=O)NC1CCCc2occc21. The molecule has 0 fully saturated rings. The summed E-state index contributed by atoms with van der Waals surface area (Å²) < 4.78 is 5.42. The van der Waals surface area contributed by atoms with Gasteiger partial charge in [0.2, 0.25) is 0 Å². The molecule has 0 spiro atoms. The van der Waals surface area contributed by atoms with Crippen LogP contribution < -0.4 is 10.6 Å². The van der Waals surface area contributed by atoms with Crippen LogP contribution in [-0.2, 0) is 6.42 Å². The molecule has 1 aromatic heterocycles. The Kier molecular flexibility index (Phi) is 4.93. The van der Waals surface area contributed by atoms with Gasteiger partial charge in [0.1, 0.15) is 5.76 Å². The summed E-state index contributed by atoms with van der Waals surface area (Å²) in [4.78, 5) is 12.0. The van der Waals surface area contributed by atoms with Crippen LogP contribution in [0.2, 0.25) is 0 Å². The Hall–Kier alpha value is -1.49. The first-order valence-electron chi connectivity index (χ1n) is 7.77. The molecular weight excluding hydrogens is 268 g/mol. The molecular formula is C16H26N2O3. The van der Waals surface area contributed by atoms with E-state index in [1.54, 1.807) is 13.2 Å². The summed E-state index contributed by atoms with van der Waals surface area (Å²) in [7, 11) is 0. The van der Waals surface area contributed by atoms with E-state index in [0.29, 0.717) is 0 Å². The highest BCUT2D eigenvalue weighted by Crippen LogP contribution is 2.30. The summed E-state index contributed by atoms with van der Waals surface area (Å²) in [6.45, 7) is 6.02. The molecule has 3 unspecified atom stereocenters. The standard InChI is InChI=1S/C16H26N2O3/c1-4-11(2)16(3,20)10-17-15(19)18-13-6-5-7-14-12(13)8-9-21-14/h8-9,11,13,20H,4-7,10H2,1-3H3,(H2,17,18,19). The zero-order chi connectivity index (χ0) is 15.5. The number of amides is 2. The number of carbonyl (C=O) groups is 1. The fourth-order valence-corrected chi connectivity index (χ4v) is 2.72. The van der Waals surface area contributed by atoms with Crippen molar-refractivity contribution in [3.63, 3.8) is 0 Å². The minimum Gasteiger partial charge on any atom is -0.469 e. The summed E-state index contributed by atoms with van der Waals surface area (Å²) in [5.74, 6) is 1.10. The van der Waals surface area contributed by atoms with Crippen molar-refractivity contribution in [3.05, 3.63) is 23.7 Å². The molecule has 21 heavy (non-hydrogen) atoms. The number of furan rings is 1. The highest BCUT2D eigenvalue weighted by atomic mass is 16.3. The molecule has 5 nitrogen and oxygen atoms in total. The van der Waals surface area contributed by atoms with E-state index < -0.39 is 5.60 Å². The Balaban J connectivity index is 1.86. The molecule has 118 valence electrons. The van der Waals surface area contributed by atoms with Gasteiger partial charge in [-0.25, -0.2) is 4.79 Å². The van der Waals surface area contributed by atoms with Crippen molar-refractivity contribution in [3.8, 4) is 0 Å². The van der Waals surface area contributed by atoms with Crippen LogP contribution in [0.4, 0.5) is 4.79 Å². The molecule has 3 N–H and O–H groups in total. The number of aryl methyl sites for hydroxylation is 1. The second kappa shape index (κ2) is 6.52. The van der Waals surface area contributed by atoms with E-state index >= 15 is 0 Å². The first-order chi connectivity index (χ1) is 9.94. The van der Waals surface area contributed by atoms with E-state index in [-0.39, 0.29) is 24.5 Å². The lowest BCUT2D eigenvalue weighted by molar-refractivity contribution is 0.00782. The lowest BCUT2D eigenvalue weighted by Gasteiger charge is -2.30. The van der Waals surface area contributed by atoms with Gasteiger partial charge in [0.25, 0.3) is 0 Å². The number of fused-ring (bicyclic) bond motifs is 1. The average Bonchev–Trinajstić information content (AvgIpc) is 2.94. The van der Waals surface area contributed by atoms with Gasteiger partial charge in [-0.2, -0.15) is 0 Å². The topological polar surface area (TPSA) is 74.5 Å². The fourth-order valence-electron chi connectivity index (χ4n) is 2.72. The molecule has 3 atom stereocenters. The molecule has 1 aliphatic carbocycles. The third-order valence-corrected chi connectivity index (χ3v) is 4.64. The van der Waals surface area contributed by atoms with Gasteiger partial charge < -0.3 is 20.2 Å². The molecule has 5 heteroatoms. The molecule has 0 radical (unpaired) electrons. The maximum atomic E-state index is 12.0. The van der Waals surface area contributed by atoms with E-state index in [0.717, 1.165) is 37.0 Å². The van der Waals surface area contributed by atoms with Gasteiger partial charge in [0.15, 0.2) is 0 Å². The molecule has 0 aliphatic heterocycles.